The third-order valence-electron chi connectivity index (χ3n) is 8.45. The molecule has 3 fully saturated rings. The van der Waals surface area contributed by atoms with Gasteiger partial charge in [0.1, 0.15) is 11.6 Å². The number of benzene rings is 2. The maximum Gasteiger partial charge on any atom is 0.400 e. The summed E-state index contributed by atoms with van der Waals surface area (Å²) in [6, 6.07) is 11.6. The Morgan fingerprint density at radius 2 is 1.46 bits per heavy atom. The molecule has 0 aromatic heterocycles. The fraction of sp³-hybridized carbons (Fsp3) is 0.600. The molecule has 0 radical (unpaired) electrons. The van der Waals surface area contributed by atoms with Gasteiger partial charge in [-0.3, -0.25) is 0 Å². The number of halogens is 4. The maximum absolute atomic E-state index is 15.2. The first-order valence-electron chi connectivity index (χ1n) is 13.6. The van der Waals surface area contributed by atoms with Gasteiger partial charge in [0, 0.05) is 16.9 Å². The van der Waals surface area contributed by atoms with Crippen molar-refractivity contribution in [2.45, 2.75) is 82.5 Å². The second-order valence-electron chi connectivity index (χ2n) is 11.2. The van der Waals surface area contributed by atoms with Crippen LogP contribution in [0.5, 0.6) is 5.75 Å². The third-order valence-corrected chi connectivity index (χ3v) is 8.70. The molecule has 37 heavy (non-hydrogen) atoms. The third kappa shape index (κ3) is 6.46. The smallest absolute Gasteiger partial charge is 0.400 e. The largest absolute Gasteiger partial charge is 0.432 e. The van der Waals surface area contributed by atoms with E-state index >= 15 is 4.39 Å². The Labute approximate surface area is 222 Å². The SMILES string of the molecule is CC1COC(C2CCC(c3ccc(C4CCC(C(F)(F)Oc5ccc(Cl)cc5)CC4)c(F)c3)CC2)OC1. The van der Waals surface area contributed by atoms with E-state index in [2.05, 4.69) is 6.92 Å². The van der Waals surface area contributed by atoms with Crippen molar-refractivity contribution < 1.29 is 27.4 Å². The van der Waals surface area contributed by atoms with E-state index in [-0.39, 0.29) is 23.8 Å². The molecule has 0 bridgehead atoms. The summed E-state index contributed by atoms with van der Waals surface area (Å²) >= 11 is 5.83. The molecule has 1 saturated heterocycles. The molecule has 7 heteroatoms. The summed E-state index contributed by atoms with van der Waals surface area (Å²) in [6.07, 6.45) is 2.28. The first-order chi connectivity index (χ1) is 17.8. The zero-order chi connectivity index (χ0) is 26.0. The summed E-state index contributed by atoms with van der Waals surface area (Å²) in [6.45, 7) is 3.64. The second kappa shape index (κ2) is 11.5. The molecule has 0 amide bonds. The lowest BCUT2D eigenvalue weighted by atomic mass is 9.76. The molecule has 0 N–H and O–H groups in total. The summed E-state index contributed by atoms with van der Waals surface area (Å²) in [4.78, 5) is 0. The van der Waals surface area contributed by atoms with Crippen molar-refractivity contribution in [2.75, 3.05) is 13.2 Å². The van der Waals surface area contributed by atoms with Gasteiger partial charge in [-0.25, -0.2) is 4.39 Å². The number of rotatable bonds is 6. The van der Waals surface area contributed by atoms with Gasteiger partial charge in [0.2, 0.25) is 0 Å². The summed E-state index contributed by atoms with van der Waals surface area (Å²) < 4.78 is 61.6. The molecule has 2 saturated carbocycles. The van der Waals surface area contributed by atoms with E-state index in [1.54, 1.807) is 6.07 Å². The number of hydrogen-bond acceptors (Lipinski definition) is 3. The average Bonchev–Trinajstić information content (AvgIpc) is 2.90. The maximum atomic E-state index is 15.2. The van der Waals surface area contributed by atoms with Crippen LogP contribution in [0.1, 0.15) is 81.3 Å². The first-order valence-corrected chi connectivity index (χ1v) is 14.0. The Balaban J connectivity index is 1.13. The van der Waals surface area contributed by atoms with Gasteiger partial charge in [-0.2, -0.15) is 8.78 Å². The molecule has 5 rings (SSSR count). The number of alkyl halides is 2. The molecule has 202 valence electrons. The van der Waals surface area contributed by atoms with Crippen molar-refractivity contribution in [3.05, 3.63) is 64.4 Å². The van der Waals surface area contributed by atoms with E-state index < -0.39 is 12.0 Å². The van der Waals surface area contributed by atoms with Crippen LogP contribution < -0.4 is 4.74 Å². The van der Waals surface area contributed by atoms with Crippen molar-refractivity contribution in [2.24, 2.45) is 17.8 Å². The van der Waals surface area contributed by atoms with E-state index in [9.17, 15) is 8.78 Å². The Morgan fingerprint density at radius 1 is 0.838 bits per heavy atom. The zero-order valence-corrected chi connectivity index (χ0v) is 22.1. The van der Waals surface area contributed by atoms with E-state index in [1.807, 2.05) is 12.1 Å². The molecule has 2 aromatic carbocycles. The summed E-state index contributed by atoms with van der Waals surface area (Å²) in [5.74, 6) is 0.142. The second-order valence-corrected chi connectivity index (χ2v) is 11.6. The van der Waals surface area contributed by atoms with E-state index in [0.717, 1.165) is 44.5 Å². The van der Waals surface area contributed by atoms with Gasteiger partial charge in [-0.05, 0) is 105 Å². The van der Waals surface area contributed by atoms with Gasteiger partial charge in [0.15, 0.2) is 6.29 Å². The Bertz CT molecular complexity index is 1020. The van der Waals surface area contributed by atoms with Crippen molar-refractivity contribution >= 4 is 11.6 Å². The summed E-state index contributed by atoms with van der Waals surface area (Å²) in [5, 5.41) is 0.468. The highest BCUT2D eigenvalue weighted by molar-refractivity contribution is 6.30. The van der Waals surface area contributed by atoms with Gasteiger partial charge in [-0.15, -0.1) is 0 Å². The Kier molecular flexibility index (Phi) is 8.37. The van der Waals surface area contributed by atoms with Crippen LogP contribution in [0.4, 0.5) is 13.2 Å². The highest BCUT2D eigenvalue weighted by atomic mass is 35.5. The topological polar surface area (TPSA) is 27.7 Å². The van der Waals surface area contributed by atoms with Crippen LogP contribution >= 0.6 is 11.6 Å². The Morgan fingerprint density at radius 3 is 2.08 bits per heavy atom. The van der Waals surface area contributed by atoms with Gasteiger partial charge in [0.05, 0.1) is 19.1 Å². The fourth-order valence-electron chi connectivity index (χ4n) is 6.22. The molecular weight excluding hydrogens is 501 g/mol. The molecule has 1 heterocycles. The van der Waals surface area contributed by atoms with Crippen LogP contribution in [0.15, 0.2) is 42.5 Å². The minimum atomic E-state index is -3.27. The van der Waals surface area contributed by atoms with Gasteiger partial charge in [0.25, 0.3) is 0 Å². The van der Waals surface area contributed by atoms with Crippen LogP contribution in [-0.4, -0.2) is 25.6 Å². The molecule has 2 aromatic rings. The van der Waals surface area contributed by atoms with Crippen LogP contribution in [-0.2, 0) is 9.47 Å². The Hall–Kier alpha value is -1.76. The summed E-state index contributed by atoms with van der Waals surface area (Å²) in [5.41, 5.74) is 1.69. The molecular formula is C30H36ClF3O3. The molecule has 3 aliphatic rings. The predicted octanol–water partition coefficient (Wildman–Crippen LogP) is 8.71. The van der Waals surface area contributed by atoms with Gasteiger partial charge >= 0.3 is 6.11 Å². The first kappa shape index (κ1) is 26.8. The lowest BCUT2D eigenvalue weighted by molar-refractivity contribution is -0.226. The van der Waals surface area contributed by atoms with Crippen molar-refractivity contribution in [1.82, 2.24) is 0 Å². The zero-order valence-electron chi connectivity index (χ0n) is 21.3. The van der Waals surface area contributed by atoms with E-state index in [0.29, 0.717) is 54.0 Å². The van der Waals surface area contributed by atoms with Crippen molar-refractivity contribution in [1.29, 1.82) is 0 Å². The minimum absolute atomic E-state index is 0.0460. The van der Waals surface area contributed by atoms with Crippen LogP contribution in [0, 0.1) is 23.6 Å². The molecule has 1 aliphatic heterocycles. The van der Waals surface area contributed by atoms with Crippen LogP contribution in [0.25, 0.3) is 0 Å². The number of hydrogen-bond donors (Lipinski definition) is 0. The van der Waals surface area contributed by atoms with Crippen LogP contribution in [0.2, 0.25) is 5.02 Å². The van der Waals surface area contributed by atoms with E-state index in [4.69, 9.17) is 25.8 Å². The van der Waals surface area contributed by atoms with Crippen molar-refractivity contribution in [3.63, 3.8) is 0 Å². The summed E-state index contributed by atoms with van der Waals surface area (Å²) in [7, 11) is 0. The van der Waals surface area contributed by atoms with E-state index in [1.165, 1.54) is 24.3 Å². The minimum Gasteiger partial charge on any atom is -0.432 e. The highest BCUT2D eigenvalue weighted by Gasteiger charge is 2.44. The average molecular weight is 537 g/mol. The lowest BCUT2D eigenvalue weighted by Gasteiger charge is -2.37. The number of ether oxygens (including phenoxy) is 3. The quantitative estimate of drug-likeness (QED) is 0.369. The molecule has 0 unspecified atom stereocenters. The predicted molar refractivity (Wildman–Crippen MR) is 138 cm³/mol. The van der Waals surface area contributed by atoms with Crippen LogP contribution in [0.3, 0.4) is 0 Å². The standard InChI is InChI=1S/C30H36ClF3O3/c1-19-17-35-29(36-18-19)22-4-2-20(3-5-22)23-8-15-27(28(32)16-23)21-6-9-24(10-7-21)30(33,34)37-26-13-11-25(31)12-14-26/h8,11-16,19-22,24,29H,2-7,9-10,17-18H2,1H3. The normalized spacial score (nSPS) is 31.2. The fourth-order valence-corrected chi connectivity index (χ4v) is 6.35. The van der Waals surface area contributed by atoms with Gasteiger partial charge < -0.3 is 14.2 Å². The molecule has 2 aliphatic carbocycles. The monoisotopic (exact) mass is 536 g/mol. The van der Waals surface area contributed by atoms with Gasteiger partial charge in [-0.1, -0.05) is 30.7 Å². The molecule has 0 atom stereocenters. The lowest BCUT2D eigenvalue weighted by Crippen LogP contribution is -2.37. The van der Waals surface area contributed by atoms with Crippen molar-refractivity contribution in [3.8, 4) is 5.75 Å². The molecule has 0 spiro atoms. The highest BCUT2D eigenvalue weighted by Crippen LogP contribution is 2.45. The molecule has 3 nitrogen and oxygen atoms in total.